The van der Waals surface area contributed by atoms with Crippen LogP contribution < -0.4 is 10.6 Å². The van der Waals surface area contributed by atoms with E-state index in [1.807, 2.05) is 4.90 Å². The highest BCUT2D eigenvalue weighted by atomic mass is 16.2. The van der Waals surface area contributed by atoms with Crippen LogP contribution in [0.2, 0.25) is 0 Å². The monoisotopic (exact) mass is 225 g/mol. The van der Waals surface area contributed by atoms with Crippen LogP contribution in [0.25, 0.3) is 0 Å². The molecule has 1 unspecified atom stereocenters. The van der Waals surface area contributed by atoms with Crippen molar-refractivity contribution in [3.8, 4) is 0 Å². The van der Waals surface area contributed by atoms with E-state index in [-0.39, 0.29) is 24.3 Å². The molecule has 16 heavy (non-hydrogen) atoms. The Kier molecular flexibility index (Phi) is 3.77. The van der Waals surface area contributed by atoms with Gasteiger partial charge in [0.2, 0.25) is 11.8 Å². The van der Waals surface area contributed by atoms with E-state index in [2.05, 4.69) is 10.6 Å². The summed E-state index contributed by atoms with van der Waals surface area (Å²) in [5.41, 5.74) is 0. The average molecular weight is 225 g/mol. The van der Waals surface area contributed by atoms with E-state index in [9.17, 15) is 9.59 Å². The molecule has 0 aromatic carbocycles. The molecule has 2 saturated heterocycles. The van der Waals surface area contributed by atoms with Crippen LogP contribution >= 0.6 is 0 Å². The summed E-state index contributed by atoms with van der Waals surface area (Å²) in [6.45, 7) is 3.50. The predicted molar refractivity (Wildman–Crippen MR) is 59.8 cm³/mol. The van der Waals surface area contributed by atoms with Crippen molar-refractivity contribution < 1.29 is 9.59 Å². The van der Waals surface area contributed by atoms with E-state index in [4.69, 9.17) is 0 Å². The second-order valence-electron chi connectivity index (χ2n) is 4.50. The van der Waals surface area contributed by atoms with Gasteiger partial charge in [-0.15, -0.1) is 0 Å². The highest BCUT2D eigenvalue weighted by Crippen LogP contribution is 2.08. The second-order valence-corrected chi connectivity index (χ2v) is 4.50. The molecule has 5 heteroatoms. The van der Waals surface area contributed by atoms with Crippen molar-refractivity contribution >= 4 is 11.8 Å². The maximum absolute atomic E-state index is 11.7. The van der Waals surface area contributed by atoms with Crippen molar-refractivity contribution in [1.82, 2.24) is 15.5 Å². The summed E-state index contributed by atoms with van der Waals surface area (Å²) in [5.74, 6) is 0.112. The Morgan fingerprint density at radius 2 is 2.06 bits per heavy atom. The molecule has 0 saturated carbocycles. The Bertz CT molecular complexity index is 240. The standard InChI is InChI=1S/C11H19N3O2/c15-10(14-5-1-2-6-14)8-13-11(16)9-3-4-12-7-9/h9,12H,1-8H2,(H,13,16). The van der Waals surface area contributed by atoms with Gasteiger partial charge in [0.1, 0.15) is 0 Å². The van der Waals surface area contributed by atoms with Gasteiger partial charge in [-0.3, -0.25) is 9.59 Å². The number of amides is 2. The molecule has 90 valence electrons. The second kappa shape index (κ2) is 5.30. The number of likely N-dealkylation sites (tertiary alicyclic amines) is 1. The molecule has 2 rings (SSSR count). The molecule has 0 radical (unpaired) electrons. The van der Waals surface area contributed by atoms with Crippen molar-refractivity contribution in [2.45, 2.75) is 19.3 Å². The zero-order valence-corrected chi connectivity index (χ0v) is 9.50. The molecular formula is C11H19N3O2. The largest absolute Gasteiger partial charge is 0.347 e. The first-order valence-corrected chi connectivity index (χ1v) is 6.03. The van der Waals surface area contributed by atoms with E-state index in [0.29, 0.717) is 0 Å². The fraction of sp³-hybridized carbons (Fsp3) is 0.818. The fourth-order valence-electron chi connectivity index (χ4n) is 2.26. The molecule has 2 aliphatic heterocycles. The summed E-state index contributed by atoms with van der Waals surface area (Å²) in [5, 5.41) is 5.87. The third-order valence-electron chi connectivity index (χ3n) is 3.30. The van der Waals surface area contributed by atoms with Crippen molar-refractivity contribution in [3.05, 3.63) is 0 Å². The topological polar surface area (TPSA) is 61.4 Å². The summed E-state index contributed by atoms with van der Waals surface area (Å²) in [4.78, 5) is 25.1. The van der Waals surface area contributed by atoms with Crippen LogP contribution in [0.15, 0.2) is 0 Å². The fourth-order valence-corrected chi connectivity index (χ4v) is 2.26. The number of carbonyl (C=O) groups excluding carboxylic acids is 2. The molecule has 2 heterocycles. The Hall–Kier alpha value is -1.10. The zero-order chi connectivity index (χ0) is 11.4. The van der Waals surface area contributed by atoms with Crippen molar-refractivity contribution in [2.75, 3.05) is 32.7 Å². The Morgan fingerprint density at radius 3 is 2.69 bits per heavy atom. The number of nitrogens with one attached hydrogen (secondary N) is 2. The maximum atomic E-state index is 11.7. The molecular weight excluding hydrogens is 206 g/mol. The third-order valence-corrected chi connectivity index (χ3v) is 3.30. The highest BCUT2D eigenvalue weighted by molar-refractivity contribution is 5.86. The van der Waals surface area contributed by atoms with E-state index in [1.165, 1.54) is 0 Å². The van der Waals surface area contributed by atoms with Crippen molar-refractivity contribution in [2.24, 2.45) is 5.92 Å². The SMILES string of the molecule is O=C(NCC(=O)N1CCCC1)C1CCNC1. The molecule has 0 spiro atoms. The molecule has 0 bridgehead atoms. The van der Waals surface area contributed by atoms with Gasteiger partial charge in [0.15, 0.2) is 0 Å². The van der Waals surface area contributed by atoms with Gasteiger partial charge in [-0.1, -0.05) is 0 Å². The van der Waals surface area contributed by atoms with Gasteiger partial charge in [-0.05, 0) is 25.8 Å². The molecule has 2 fully saturated rings. The predicted octanol–water partition coefficient (Wildman–Crippen LogP) is -0.665. The van der Waals surface area contributed by atoms with Crippen LogP contribution in [0.4, 0.5) is 0 Å². The van der Waals surface area contributed by atoms with E-state index >= 15 is 0 Å². The van der Waals surface area contributed by atoms with Crippen LogP contribution in [-0.4, -0.2) is 49.4 Å². The number of nitrogens with zero attached hydrogens (tertiary/aromatic N) is 1. The Morgan fingerprint density at radius 1 is 1.31 bits per heavy atom. The van der Waals surface area contributed by atoms with Crippen molar-refractivity contribution in [3.63, 3.8) is 0 Å². The maximum Gasteiger partial charge on any atom is 0.241 e. The molecule has 2 N–H and O–H groups in total. The van der Waals surface area contributed by atoms with Crippen LogP contribution in [0, 0.1) is 5.92 Å². The first-order valence-electron chi connectivity index (χ1n) is 6.03. The molecule has 0 aromatic heterocycles. The molecule has 2 amide bonds. The lowest BCUT2D eigenvalue weighted by atomic mass is 10.1. The zero-order valence-electron chi connectivity index (χ0n) is 9.50. The smallest absolute Gasteiger partial charge is 0.241 e. The Labute approximate surface area is 95.6 Å². The van der Waals surface area contributed by atoms with Gasteiger partial charge in [0.25, 0.3) is 0 Å². The number of rotatable bonds is 3. The third kappa shape index (κ3) is 2.72. The quantitative estimate of drug-likeness (QED) is 0.670. The normalized spacial score (nSPS) is 24.8. The first-order chi connectivity index (χ1) is 7.77. The lowest BCUT2D eigenvalue weighted by Gasteiger charge is -2.16. The minimum absolute atomic E-state index is 0.0116. The number of hydrogen-bond acceptors (Lipinski definition) is 3. The van der Waals surface area contributed by atoms with Crippen LogP contribution in [-0.2, 0) is 9.59 Å². The Balaban J connectivity index is 1.69. The van der Waals surface area contributed by atoms with Crippen LogP contribution in [0.3, 0.4) is 0 Å². The summed E-state index contributed by atoms with van der Waals surface area (Å²) in [7, 11) is 0. The summed E-state index contributed by atoms with van der Waals surface area (Å²) in [6.07, 6.45) is 3.06. The van der Waals surface area contributed by atoms with Gasteiger partial charge in [-0.2, -0.15) is 0 Å². The lowest BCUT2D eigenvalue weighted by molar-refractivity contribution is -0.133. The van der Waals surface area contributed by atoms with Gasteiger partial charge in [0, 0.05) is 19.6 Å². The molecule has 2 aliphatic rings. The lowest BCUT2D eigenvalue weighted by Crippen LogP contribution is -2.41. The minimum atomic E-state index is 0.0116. The highest BCUT2D eigenvalue weighted by Gasteiger charge is 2.24. The molecule has 5 nitrogen and oxygen atoms in total. The van der Waals surface area contributed by atoms with Gasteiger partial charge in [-0.25, -0.2) is 0 Å². The van der Waals surface area contributed by atoms with Gasteiger partial charge < -0.3 is 15.5 Å². The molecule has 1 atom stereocenters. The first kappa shape index (κ1) is 11.4. The van der Waals surface area contributed by atoms with E-state index in [1.54, 1.807) is 0 Å². The minimum Gasteiger partial charge on any atom is -0.347 e. The molecule has 0 aliphatic carbocycles. The van der Waals surface area contributed by atoms with E-state index in [0.717, 1.165) is 45.4 Å². The number of carbonyl (C=O) groups is 2. The van der Waals surface area contributed by atoms with Gasteiger partial charge in [0.05, 0.1) is 12.5 Å². The van der Waals surface area contributed by atoms with Crippen molar-refractivity contribution in [1.29, 1.82) is 0 Å². The summed E-state index contributed by atoms with van der Waals surface area (Å²) >= 11 is 0. The van der Waals surface area contributed by atoms with E-state index < -0.39 is 0 Å². The van der Waals surface area contributed by atoms with Gasteiger partial charge >= 0.3 is 0 Å². The average Bonchev–Trinajstić information content (AvgIpc) is 2.95. The summed E-state index contributed by atoms with van der Waals surface area (Å²) in [6, 6.07) is 0. The van der Waals surface area contributed by atoms with Crippen LogP contribution in [0.1, 0.15) is 19.3 Å². The summed E-state index contributed by atoms with van der Waals surface area (Å²) < 4.78 is 0. The molecule has 0 aromatic rings. The number of hydrogen-bond donors (Lipinski definition) is 2. The van der Waals surface area contributed by atoms with Crippen LogP contribution in [0.5, 0.6) is 0 Å².